The number of carbonyl (C=O) groups is 1. The molecule has 66 valence electrons. The lowest BCUT2D eigenvalue weighted by molar-refractivity contribution is 0.0694. The summed E-state index contributed by atoms with van der Waals surface area (Å²) in [5.41, 5.74) is -0.0671. The van der Waals surface area contributed by atoms with Crippen molar-refractivity contribution in [2.24, 2.45) is 0 Å². The molecule has 1 aromatic rings. The highest BCUT2D eigenvalue weighted by Crippen LogP contribution is 2.14. The first-order chi connectivity index (χ1) is 5.72. The largest absolute Gasteiger partial charge is 0.507 e. The lowest BCUT2D eigenvalue weighted by Gasteiger charge is -1.95. The van der Waals surface area contributed by atoms with Gasteiger partial charge in [0.25, 0.3) is 0 Å². The molecule has 3 nitrogen and oxygen atoms in total. The van der Waals surface area contributed by atoms with E-state index in [4.69, 9.17) is 10.2 Å². The Morgan fingerprint density at radius 2 is 1.83 bits per heavy atom. The van der Waals surface area contributed by atoms with E-state index >= 15 is 0 Å². The molecule has 0 bridgehead atoms. The maximum Gasteiger partial charge on any atom is 0.339 e. The maximum absolute atomic E-state index is 10.3. The van der Waals surface area contributed by atoms with Crippen LogP contribution in [-0.2, 0) is 0 Å². The van der Waals surface area contributed by atoms with Crippen LogP contribution in [0.5, 0.6) is 5.75 Å². The number of benzene rings is 1. The second-order valence-corrected chi connectivity index (χ2v) is 1.82. The number of carboxylic acids is 1. The highest BCUT2D eigenvalue weighted by molar-refractivity contribution is 7.52. The monoisotopic (exact) mass is 206 g/mol. The molecule has 1 unspecified atom stereocenters. The van der Waals surface area contributed by atoms with Crippen LogP contribution in [0, 0.1) is 0 Å². The molecular weight excluding hydrogens is 199 g/mol. The van der Waals surface area contributed by atoms with Crippen molar-refractivity contribution in [3.05, 3.63) is 29.8 Å². The molecule has 0 heterocycles. The minimum absolute atomic E-state index is 0.0671. The van der Waals surface area contributed by atoms with Gasteiger partial charge in [-0.2, -0.15) is 0 Å². The Balaban J connectivity index is 0.000000561. The summed E-state index contributed by atoms with van der Waals surface area (Å²) in [4.78, 5) is 10.3. The van der Waals surface area contributed by atoms with Crippen LogP contribution in [0.1, 0.15) is 10.4 Å². The smallest absolute Gasteiger partial charge is 0.339 e. The number of rotatable bonds is 1. The Bertz CT molecular complexity index is 265. The van der Waals surface area contributed by atoms with Gasteiger partial charge in [-0.1, -0.05) is 12.1 Å². The van der Waals surface area contributed by atoms with E-state index in [1.54, 1.807) is 12.1 Å². The van der Waals surface area contributed by atoms with Crippen LogP contribution in [0.4, 0.5) is 0 Å². The minimum atomic E-state index is -1.11. The van der Waals surface area contributed by atoms with Crippen LogP contribution in [0.25, 0.3) is 0 Å². The van der Waals surface area contributed by atoms with Gasteiger partial charge >= 0.3 is 5.97 Å². The molecule has 0 fully saturated rings. The molecule has 0 aliphatic carbocycles. The highest BCUT2D eigenvalue weighted by atomic mass is 35.7. The Kier molecular flexibility index (Phi) is 5.43. The first-order valence-corrected chi connectivity index (χ1v) is 4.69. The highest BCUT2D eigenvalue weighted by Gasteiger charge is 2.05. The molecule has 0 aromatic heterocycles. The number of para-hydroxylation sites is 1. The molecule has 0 saturated carbocycles. The third-order valence-electron chi connectivity index (χ3n) is 1.13. The summed E-state index contributed by atoms with van der Waals surface area (Å²) in [6.45, 7) is 0. The first kappa shape index (κ1) is 11.2. The van der Waals surface area contributed by atoms with E-state index in [1.165, 1.54) is 12.1 Å². The van der Waals surface area contributed by atoms with E-state index in [0.717, 1.165) is 0 Å². The van der Waals surface area contributed by atoms with Crippen LogP contribution in [0.2, 0.25) is 0 Å². The zero-order valence-electron chi connectivity index (χ0n) is 6.07. The van der Waals surface area contributed by atoms with Crippen molar-refractivity contribution in [2.75, 3.05) is 0 Å². The summed E-state index contributed by atoms with van der Waals surface area (Å²) in [5.74, 6) is -1.31. The van der Waals surface area contributed by atoms with Crippen molar-refractivity contribution in [1.29, 1.82) is 0 Å². The summed E-state index contributed by atoms with van der Waals surface area (Å²) in [6, 6.07) is 5.81. The van der Waals surface area contributed by atoms with Gasteiger partial charge in [0, 0.05) is 0 Å². The molecule has 0 saturated heterocycles. The van der Waals surface area contributed by atoms with Crippen molar-refractivity contribution >= 4 is 25.8 Å². The standard InChI is InChI=1S/C7H6O3.ClH2P/c8-6-4-2-1-3-5(6)7(9)10;1-2/h1-4,8H,(H,9,10);2H2. The number of carboxylic acid groups (broad SMARTS) is 1. The van der Waals surface area contributed by atoms with Gasteiger partial charge in [0.1, 0.15) is 11.3 Å². The molecule has 0 aliphatic rings. The van der Waals surface area contributed by atoms with Crippen molar-refractivity contribution < 1.29 is 15.0 Å². The van der Waals surface area contributed by atoms with Gasteiger partial charge in [-0.05, 0) is 20.7 Å². The molecule has 1 rings (SSSR count). The molecule has 12 heavy (non-hydrogen) atoms. The normalized spacial score (nSPS) is 8.17. The van der Waals surface area contributed by atoms with E-state index in [1.807, 2.05) is 8.59 Å². The van der Waals surface area contributed by atoms with E-state index in [-0.39, 0.29) is 11.3 Å². The molecular formula is C7H8ClO3P. The van der Waals surface area contributed by atoms with Crippen LogP contribution < -0.4 is 0 Å². The van der Waals surface area contributed by atoms with E-state index in [2.05, 4.69) is 11.2 Å². The van der Waals surface area contributed by atoms with Crippen LogP contribution in [-0.4, -0.2) is 16.2 Å². The van der Waals surface area contributed by atoms with Crippen LogP contribution >= 0.6 is 19.8 Å². The minimum Gasteiger partial charge on any atom is -0.507 e. The summed E-state index contributed by atoms with van der Waals surface area (Å²) in [5, 5.41) is 17.3. The summed E-state index contributed by atoms with van der Waals surface area (Å²) >= 11 is 4.56. The quantitative estimate of drug-likeness (QED) is 0.692. The van der Waals surface area contributed by atoms with E-state index < -0.39 is 5.97 Å². The predicted octanol–water partition coefficient (Wildman–Crippen LogP) is 2.11. The maximum atomic E-state index is 10.3. The van der Waals surface area contributed by atoms with Crippen molar-refractivity contribution in [3.8, 4) is 5.75 Å². The number of hydrogen-bond donors (Lipinski definition) is 2. The molecule has 0 radical (unpaired) electrons. The number of phenols is 1. The van der Waals surface area contributed by atoms with Crippen molar-refractivity contribution in [1.82, 2.24) is 0 Å². The van der Waals surface area contributed by atoms with Crippen LogP contribution in [0.3, 0.4) is 0 Å². The number of hydrogen-bond acceptors (Lipinski definition) is 2. The molecule has 0 aliphatic heterocycles. The third-order valence-corrected chi connectivity index (χ3v) is 1.13. The number of halogens is 1. The second kappa shape index (κ2) is 5.81. The van der Waals surface area contributed by atoms with E-state index in [9.17, 15) is 4.79 Å². The van der Waals surface area contributed by atoms with Crippen LogP contribution in [0.15, 0.2) is 24.3 Å². The number of aromatic hydroxyl groups is 1. The second-order valence-electron chi connectivity index (χ2n) is 1.82. The SMILES string of the molecule is O=C(O)c1ccccc1O.PCl. The predicted molar refractivity (Wildman–Crippen MR) is 50.6 cm³/mol. The lowest BCUT2D eigenvalue weighted by atomic mass is 10.2. The van der Waals surface area contributed by atoms with Gasteiger partial charge < -0.3 is 10.2 Å². The molecule has 1 atom stereocenters. The van der Waals surface area contributed by atoms with Gasteiger partial charge in [-0.15, -0.1) is 11.2 Å². The zero-order chi connectivity index (χ0) is 9.56. The number of aromatic carboxylic acids is 1. The molecule has 0 amide bonds. The molecule has 0 spiro atoms. The fourth-order valence-electron chi connectivity index (χ4n) is 0.654. The Morgan fingerprint density at radius 3 is 2.17 bits per heavy atom. The van der Waals surface area contributed by atoms with Gasteiger partial charge in [-0.25, -0.2) is 4.79 Å². The molecule has 1 aromatic carbocycles. The van der Waals surface area contributed by atoms with Gasteiger partial charge in [-0.3, -0.25) is 0 Å². The Labute approximate surface area is 77.0 Å². The van der Waals surface area contributed by atoms with Gasteiger partial charge in [0.15, 0.2) is 0 Å². The first-order valence-electron chi connectivity index (χ1n) is 2.95. The summed E-state index contributed by atoms with van der Waals surface area (Å²) in [7, 11) is 1.89. The molecule has 2 N–H and O–H groups in total. The summed E-state index contributed by atoms with van der Waals surface area (Å²) < 4.78 is 0. The van der Waals surface area contributed by atoms with E-state index in [0.29, 0.717) is 0 Å². The zero-order valence-corrected chi connectivity index (χ0v) is 7.98. The fraction of sp³-hybridized carbons (Fsp3) is 0. The Hall–Kier alpha value is -0.790. The fourth-order valence-corrected chi connectivity index (χ4v) is 0.654. The lowest BCUT2D eigenvalue weighted by Crippen LogP contribution is -1.95. The third kappa shape index (κ3) is 3.07. The topological polar surface area (TPSA) is 57.5 Å². The van der Waals surface area contributed by atoms with Crippen molar-refractivity contribution in [3.63, 3.8) is 0 Å². The Morgan fingerprint density at radius 1 is 1.33 bits per heavy atom. The summed E-state index contributed by atoms with van der Waals surface area (Å²) in [6.07, 6.45) is 0. The van der Waals surface area contributed by atoms with Crippen molar-refractivity contribution in [2.45, 2.75) is 0 Å². The van der Waals surface area contributed by atoms with Gasteiger partial charge in [0.05, 0.1) is 0 Å². The average molecular weight is 207 g/mol. The average Bonchev–Trinajstić information content (AvgIpc) is 2.08. The van der Waals surface area contributed by atoms with Gasteiger partial charge in [0.2, 0.25) is 0 Å². The molecule has 5 heteroatoms.